The number of carbonyl (C=O) groups is 2. The van der Waals surface area contributed by atoms with Crippen molar-refractivity contribution in [3.63, 3.8) is 0 Å². The van der Waals surface area contributed by atoms with Crippen LogP contribution in [-0.2, 0) is 19.7 Å². The molecular formula is C5H9KO7S. The smallest absolute Gasteiger partial charge is 0.481 e. The third-order valence-electron chi connectivity index (χ3n) is 0.995. The largest absolute Gasteiger partial charge is 1.00 e. The Hall–Kier alpha value is 0.486. The van der Waals surface area contributed by atoms with Gasteiger partial charge in [-0.15, -0.1) is 0 Å². The molecule has 7 nitrogen and oxygen atoms in total. The Labute approximate surface area is 124 Å². The molecule has 0 aliphatic carbocycles. The fourth-order valence-corrected chi connectivity index (χ4v) is 1.09. The molecule has 0 aromatic carbocycles. The molecule has 3 N–H and O–H groups in total. The fraction of sp³-hybridized carbons (Fsp3) is 0.400. The van der Waals surface area contributed by atoms with Crippen LogP contribution in [0, 0.1) is 7.43 Å². The molecule has 0 aromatic heterocycles. The van der Waals surface area contributed by atoms with Gasteiger partial charge >= 0.3 is 63.3 Å². The number of carboxylic acid groups (broad SMARTS) is 2. The van der Waals surface area contributed by atoms with Crippen LogP contribution in [0.4, 0.5) is 0 Å². The van der Waals surface area contributed by atoms with Crippen LogP contribution in [0.3, 0.4) is 0 Å². The molecule has 0 saturated heterocycles. The van der Waals surface area contributed by atoms with Crippen molar-refractivity contribution >= 4 is 22.1 Å². The molecule has 0 amide bonds. The first-order valence-corrected chi connectivity index (χ1v) is 4.16. The molecule has 0 bridgehead atoms. The van der Waals surface area contributed by atoms with Crippen molar-refractivity contribution < 1.29 is 84.2 Å². The molecule has 0 saturated carbocycles. The summed E-state index contributed by atoms with van der Waals surface area (Å²) in [6.07, 6.45) is -1.16. The molecule has 0 heterocycles. The van der Waals surface area contributed by atoms with E-state index in [1.165, 1.54) is 0 Å². The van der Waals surface area contributed by atoms with Crippen molar-refractivity contribution in [2.45, 2.75) is 11.7 Å². The molecule has 0 spiro atoms. The Kier molecular flexibility index (Phi) is 11.0. The van der Waals surface area contributed by atoms with Crippen LogP contribution in [0.2, 0.25) is 0 Å². The van der Waals surface area contributed by atoms with Gasteiger partial charge in [0, 0.05) is 0 Å². The minimum Gasteiger partial charge on any atom is -0.481 e. The van der Waals surface area contributed by atoms with Gasteiger partial charge in [0.1, 0.15) is 0 Å². The third kappa shape index (κ3) is 7.85. The summed E-state index contributed by atoms with van der Waals surface area (Å²) in [5.41, 5.74) is 0. The van der Waals surface area contributed by atoms with E-state index >= 15 is 0 Å². The van der Waals surface area contributed by atoms with E-state index in [2.05, 4.69) is 0 Å². The van der Waals surface area contributed by atoms with Crippen LogP contribution in [0.25, 0.3) is 0 Å². The van der Waals surface area contributed by atoms with Crippen molar-refractivity contribution in [3.8, 4) is 0 Å². The van der Waals surface area contributed by atoms with Gasteiger partial charge in [0.15, 0.2) is 5.25 Å². The van der Waals surface area contributed by atoms with E-state index in [4.69, 9.17) is 14.8 Å². The molecule has 14 heavy (non-hydrogen) atoms. The minimum absolute atomic E-state index is 0. The molecule has 1 unspecified atom stereocenters. The third-order valence-corrected chi connectivity index (χ3v) is 2.08. The quantitative estimate of drug-likeness (QED) is 0.266. The normalized spacial score (nSPS) is 11.8. The van der Waals surface area contributed by atoms with E-state index in [9.17, 15) is 18.0 Å². The maximum atomic E-state index is 10.2. The Morgan fingerprint density at radius 2 is 1.57 bits per heavy atom. The van der Waals surface area contributed by atoms with Gasteiger partial charge in [0.25, 0.3) is 10.1 Å². The molecule has 0 fully saturated rings. The van der Waals surface area contributed by atoms with Crippen LogP contribution >= 0.6 is 0 Å². The molecule has 0 radical (unpaired) electrons. The zero-order chi connectivity index (χ0) is 9.94. The Bertz CT molecular complexity index is 295. The molecule has 0 aromatic rings. The SMILES string of the molecule is O=C(O)CC(C(=O)O)S(=O)(=O)O.[CH3-].[K+]. The number of hydrogen-bond acceptors (Lipinski definition) is 4. The van der Waals surface area contributed by atoms with Gasteiger partial charge in [0.2, 0.25) is 0 Å². The monoisotopic (exact) mass is 252 g/mol. The molecule has 0 rings (SSSR count). The molecule has 0 aliphatic heterocycles. The first-order valence-electron chi connectivity index (χ1n) is 2.66. The van der Waals surface area contributed by atoms with E-state index in [0.717, 1.165) is 0 Å². The van der Waals surface area contributed by atoms with Crippen LogP contribution in [0.15, 0.2) is 0 Å². The summed E-state index contributed by atoms with van der Waals surface area (Å²) >= 11 is 0. The zero-order valence-electron chi connectivity index (χ0n) is 7.67. The second-order valence-corrected chi connectivity index (χ2v) is 3.54. The topological polar surface area (TPSA) is 129 Å². The first kappa shape index (κ1) is 20.0. The zero-order valence-corrected chi connectivity index (χ0v) is 11.6. The van der Waals surface area contributed by atoms with Gasteiger partial charge in [-0.05, 0) is 0 Å². The van der Waals surface area contributed by atoms with Gasteiger partial charge in [-0.2, -0.15) is 8.42 Å². The van der Waals surface area contributed by atoms with Crippen LogP contribution < -0.4 is 51.4 Å². The van der Waals surface area contributed by atoms with Crippen LogP contribution in [0.1, 0.15) is 6.42 Å². The summed E-state index contributed by atoms with van der Waals surface area (Å²) in [5.74, 6) is -3.50. The fourth-order valence-electron chi connectivity index (χ4n) is 0.479. The average Bonchev–Trinajstić information content (AvgIpc) is 1.79. The van der Waals surface area contributed by atoms with Gasteiger partial charge in [-0.3, -0.25) is 14.1 Å². The number of aliphatic carboxylic acids is 2. The summed E-state index contributed by atoms with van der Waals surface area (Å²) in [7, 11) is -4.84. The Morgan fingerprint density at radius 1 is 1.21 bits per heavy atom. The Balaban J connectivity index is -0.000000605. The summed E-state index contributed by atoms with van der Waals surface area (Å²) in [5, 5.41) is 13.9. The van der Waals surface area contributed by atoms with Gasteiger partial charge in [-0.1, -0.05) is 0 Å². The van der Waals surface area contributed by atoms with E-state index < -0.39 is 33.7 Å². The standard InChI is InChI=1S/C4H6O7S.CH3.K/c5-3(6)1-2(4(7)8)12(9,10)11;;/h2H,1H2,(H,5,6)(H,7,8)(H,9,10,11);1H3;/q;-1;+1. The molecule has 9 heteroatoms. The van der Waals surface area contributed by atoms with E-state index in [-0.39, 0.29) is 58.8 Å². The van der Waals surface area contributed by atoms with E-state index in [0.29, 0.717) is 0 Å². The van der Waals surface area contributed by atoms with Crippen molar-refractivity contribution in [2.75, 3.05) is 0 Å². The second kappa shape index (κ2) is 7.74. The maximum Gasteiger partial charge on any atom is 1.00 e. The van der Waals surface area contributed by atoms with Gasteiger partial charge < -0.3 is 17.6 Å². The predicted molar refractivity (Wildman–Crippen MR) is 41.6 cm³/mol. The maximum absolute atomic E-state index is 10.2. The van der Waals surface area contributed by atoms with Crippen LogP contribution in [-0.4, -0.2) is 40.4 Å². The number of hydrogen-bond donors (Lipinski definition) is 3. The average molecular weight is 252 g/mol. The van der Waals surface area contributed by atoms with E-state index in [1.807, 2.05) is 0 Å². The first-order chi connectivity index (χ1) is 5.25. The molecular weight excluding hydrogens is 243 g/mol. The summed E-state index contributed by atoms with van der Waals surface area (Å²) in [6, 6.07) is 0. The van der Waals surface area contributed by atoms with Crippen molar-refractivity contribution in [3.05, 3.63) is 7.43 Å². The van der Waals surface area contributed by atoms with Gasteiger partial charge in [0.05, 0.1) is 6.42 Å². The van der Waals surface area contributed by atoms with Gasteiger partial charge in [-0.25, -0.2) is 0 Å². The summed E-state index contributed by atoms with van der Waals surface area (Å²) in [6.45, 7) is 0. The number of rotatable bonds is 4. The number of carboxylic acids is 2. The Morgan fingerprint density at radius 3 is 1.64 bits per heavy atom. The minimum atomic E-state index is -4.84. The second-order valence-electron chi connectivity index (χ2n) is 1.94. The van der Waals surface area contributed by atoms with E-state index in [1.54, 1.807) is 0 Å². The van der Waals surface area contributed by atoms with Crippen LogP contribution in [0.5, 0.6) is 0 Å². The van der Waals surface area contributed by atoms with Crippen molar-refractivity contribution in [2.24, 2.45) is 0 Å². The van der Waals surface area contributed by atoms with Crippen molar-refractivity contribution in [1.29, 1.82) is 0 Å². The molecule has 78 valence electrons. The molecule has 0 aliphatic rings. The molecule has 1 atom stereocenters. The summed E-state index contributed by atoms with van der Waals surface area (Å²) < 4.78 is 28.7. The predicted octanol–water partition coefficient (Wildman–Crippen LogP) is -3.74. The summed E-state index contributed by atoms with van der Waals surface area (Å²) in [4.78, 5) is 20.0. The van der Waals surface area contributed by atoms with Crippen molar-refractivity contribution in [1.82, 2.24) is 0 Å².